The maximum Gasteiger partial charge on any atom is 0.275 e. The van der Waals surface area contributed by atoms with Crippen LogP contribution in [0.4, 0.5) is 0 Å². The number of carbonyl (C=O) groups is 2. The van der Waals surface area contributed by atoms with E-state index in [0.29, 0.717) is 12.6 Å². The third-order valence-electron chi connectivity index (χ3n) is 4.75. The van der Waals surface area contributed by atoms with Crippen LogP contribution < -0.4 is 20.3 Å². The van der Waals surface area contributed by atoms with Gasteiger partial charge in [-0.25, -0.2) is 0 Å². The van der Waals surface area contributed by atoms with Gasteiger partial charge in [-0.1, -0.05) is 42.5 Å². The topological polar surface area (TPSA) is 71.9 Å². The van der Waals surface area contributed by atoms with Crippen molar-refractivity contribution in [1.29, 1.82) is 0 Å². The van der Waals surface area contributed by atoms with Gasteiger partial charge in [-0.2, -0.15) is 0 Å². The van der Waals surface area contributed by atoms with Gasteiger partial charge in [-0.3, -0.25) is 9.59 Å². The molecule has 1 aliphatic rings. The highest BCUT2D eigenvalue weighted by molar-refractivity contribution is 5.79. The monoisotopic (exact) mass is 382 g/mol. The van der Waals surface area contributed by atoms with Gasteiger partial charge in [0.25, 0.3) is 11.8 Å². The van der Waals surface area contributed by atoms with E-state index in [0.717, 1.165) is 34.6 Å². The van der Waals surface area contributed by atoms with Crippen LogP contribution in [-0.2, 0) is 9.59 Å². The average molecular weight is 382 g/mol. The van der Waals surface area contributed by atoms with Crippen molar-refractivity contribution in [3.8, 4) is 5.75 Å². The van der Waals surface area contributed by atoms with Gasteiger partial charge in [0, 0.05) is 6.04 Å². The molecule has 0 aromatic heterocycles. The SMILES string of the molecule is COc1ccc([C@H](NC(=O)C[NH+](C)CC(=O)NC2CC2)c2ccccc2)cc1. The Morgan fingerprint density at radius 3 is 2.21 bits per heavy atom. The van der Waals surface area contributed by atoms with Gasteiger partial charge < -0.3 is 20.3 Å². The van der Waals surface area contributed by atoms with Crippen molar-refractivity contribution in [2.75, 3.05) is 27.2 Å². The lowest BCUT2D eigenvalue weighted by atomic mass is 9.98. The lowest BCUT2D eigenvalue weighted by Gasteiger charge is -2.21. The highest BCUT2D eigenvalue weighted by atomic mass is 16.5. The average Bonchev–Trinajstić information content (AvgIpc) is 3.50. The molecule has 2 aromatic carbocycles. The van der Waals surface area contributed by atoms with E-state index < -0.39 is 0 Å². The Morgan fingerprint density at radius 1 is 1.00 bits per heavy atom. The first-order valence-electron chi connectivity index (χ1n) is 9.64. The molecule has 1 unspecified atom stereocenters. The van der Waals surface area contributed by atoms with Crippen molar-refractivity contribution in [3.05, 3.63) is 65.7 Å². The third kappa shape index (κ3) is 5.82. The second-order valence-electron chi connectivity index (χ2n) is 7.34. The molecular formula is C22H28N3O3+. The summed E-state index contributed by atoms with van der Waals surface area (Å²) in [6.07, 6.45) is 2.12. The Balaban J connectivity index is 1.64. The van der Waals surface area contributed by atoms with Crippen LogP contribution in [-0.4, -0.2) is 45.1 Å². The Kier molecular flexibility index (Phi) is 6.66. The summed E-state index contributed by atoms with van der Waals surface area (Å²) in [5, 5.41) is 6.07. The summed E-state index contributed by atoms with van der Waals surface area (Å²) in [4.78, 5) is 25.5. The van der Waals surface area contributed by atoms with Crippen LogP contribution in [0.2, 0.25) is 0 Å². The molecule has 0 spiro atoms. The number of ether oxygens (including phenoxy) is 1. The lowest BCUT2D eigenvalue weighted by molar-refractivity contribution is -0.862. The highest BCUT2D eigenvalue weighted by Gasteiger charge is 2.25. The predicted molar refractivity (Wildman–Crippen MR) is 107 cm³/mol. The number of amides is 2. The fraction of sp³-hybridized carbons (Fsp3) is 0.364. The van der Waals surface area contributed by atoms with Gasteiger partial charge in [-0.05, 0) is 36.1 Å². The largest absolute Gasteiger partial charge is 0.497 e. The van der Waals surface area contributed by atoms with Crippen molar-refractivity contribution in [3.63, 3.8) is 0 Å². The van der Waals surface area contributed by atoms with Gasteiger partial charge >= 0.3 is 0 Å². The molecule has 2 atom stereocenters. The minimum Gasteiger partial charge on any atom is -0.497 e. The first-order valence-corrected chi connectivity index (χ1v) is 9.64. The van der Waals surface area contributed by atoms with E-state index in [1.165, 1.54) is 0 Å². The van der Waals surface area contributed by atoms with Crippen molar-refractivity contribution < 1.29 is 19.2 Å². The molecule has 0 saturated heterocycles. The van der Waals surface area contributed by atoms with E-state index in [2.05, 4.69) is 10.6 Å². The van der Waals surface area contributed by atoms with Crippen LogP contribution in [0.25, 0.3) is 0 Å². The Labute approximate surface area is 165 Å². The molecule has 28 heavy (non-hydrogen) atoms. The molecule has 3 N–H and O–H groups in total. The van der Waals surface area contributed by atoms with Gasteiger partial charge in [0.05, 0.1) is 20.2 Å². The number of nitrogens with one attached hydrogen (secondary N) is 3. The minimum absolute atomic E-state index is 0.00237. The quantitative estimate of drug-likeness (QED) is 0.598. The standard InChI is InChI=1S/C22H27N3O3/c1-25(14-20(26)23-18-10-11-18)15-21(27)24-22(16-6-4-3-5-7-16)17-8-12-19(28-2)13-9-17/h3-9,12-13,18,22H,10-11,14-15H2,1-2H3,(H,23,26)(H,24,27)/p+1/t22-/m1/s1. The molecule has 1 fully saturated rings. The second kappa shape index (κ2) is 9.37. The summed E-state index contributed by atoms with van der Waals surface area (Å²) >= 11 is 0. The molecule has 3 rings (SSSR count). The third-order valence-corrected chi connectivity index (χ3v) is 4.75. The fourth-order valence-corrected chi connectivity index (χ4v) is 3.13. The van der Waals surface area contributed by atoms with Gasteiger partial charge in [0.1, 0.15) is 5.75 Å². The van der Waals surface area contributed by atoms with Crippen molar-refractivity contribution >= 4 is 11.8 Å². The van der Waals surface area contributed by atoms with Crippen LogP contribution in [0.3, 0.4) is 0 Å². The Hall–Kier alpha value is -2.86. The van der Waals surface area contributed by atoms with Crippen molar-refractivity contribution in [2.45, 2.75) is 24.9 Å². The summed E-state index contributed by atoms with van der Waals surface area (Å²) < 4.78 is 5.23. The fourth-order valence-electron chi connectivity index (χ4n) is 3.13. The predicted octanol–water partition coefficient (Wildman–Crippen LogP) is 0.694. The Bertz CT molecular complexity index is 788. The molecule has 0 radical (unpaired) electrons. The zero-order chi connectivity index (χ0) is 19.9. The zero-order valence-electron chi connectivity index (χ0n) is 16.4. The first-order chi connectivity index (χ1) is 13.5. The molecule has 2 amide bonds. The number of hydrogen-bond acceptors (Lipinski definition) is 3. The number of methoxy groups -OCH3 is 1. The van der Waals surface area contributed by atoms with Gasteiger partial charge in [0.15, 0.2) is 13.1 Å². The molecule has 1 saturated carbocycles. The second-order valence-corrected chi connectivity index (χ2v) is 7.34. The number of benzene rings is 2. The van der Waals surface area contributed by atoms with E-state index in [1.807, 2.05) is 61.6 Å². The van der Waals surface area contributed by atoms with E-state index in [4.69, 9.17) is 4.74 Å². The van der Waals surface area contributed by atoms with Crippen LogP contribution in [0, 0.1) is 0 Å². The summed E-state index contributed by atoms with van der Waals surface area (Å²) in [6.45, 7) is 0.528. The first kappa shape index (κ1) is 19.9. The van der Waals surface area contributed by atoms with E-state index in [1.54, 1.807) is 7.11 Å². The lowest BCUT2D eigenvalue weighted by Crippen LogP contribution is -3.11. The number of quaternary nitrogens is 1. The maximum absolute atomic E-state index is 12.7. The molecular weight excluding hydrogens is 354 g/mol. The van der Waals surface area contributed by atoms with Crippen molar-refractivity contribution in [2.24, 2.45) is 0 Å². The van der Waals surface area contributed by atoms with E-state index >= 15 is 0 Å². The molecule has 1 aliphatic carbocycles. The molecule has 0 aliphatic heterocycles. The van der Waals surface area contributed by atoms with Gasteiger partial charge in [-0.15, -0.1) is 0 Å². The van der Waals surface area contributed by atoms with E-state index in [-0.39, 0.29) is 24.4 Å². The molecule has 2 aromatic rings. The molecule has 0 heterocycles. The van der Waals surface area contributed by atoms with Crippen LogP contribution in [0.5, 0.6) is 5.75 Å². The Morgan fingerprint density at radius 2 is 1.61 bits per heavy atom. The highest BCUT2D eigenvalue weighted by Crippen LogP contribution is 2.24. The van der Waals surface area contributed by atoms with E-state index in [9.17, 15) is 9.59 Å². The van der Waals surface area contributed by atoms with Crippen LogP contribution >= 0.6 is 0 Å². The number of likely N-dealkylation sites (N-methyl/N-ethyl adjacent to an activating group) is 1. The smallest absolute Gasteiger partial charge is 0.275 e. The molecule has 6 nitrogen and oxygen atoms in total. The maximum atomic E-state index is 12.7. The van der Waals surface area contributed by atoms with Crippen molar-refractivity contribution in [1.82, 2.24) is 10.6 Å². The minimum atomic E-state index is -0.257. The zero-order valence-corrected chi connectivity index (χ0v) is 16.4. The van der Waals surface area contributed by atoms with Crippen LogP contribution in [0.1, 0.15) is 30.0 Å². The van der Waals surface area contributed by atoms with Gasteiger partial charge in [0.2, 0.25) is 0 Å². The van der Waals surface area contributed by atoms with Crippen LogP contribution in [0.15, 0.2) is 54.6 Å². The summed E-state index contributed by atoms with van der Waals surface area (Å²) in [5.74, 6) is 0.677. The summed E-state index contributed by atoms with van der Waals surface area (Å²) in [7, 11) is 3.49. The molecule has 6 heteroatoms. The number of carbonyl (C=O) groups excluding carboxylic acids is 2. The summed E-state index contributed by atoms with van der Waals surface area (Å²) in [6, 6.07) is 17.6. The summed E-state index contributed by atoms with van der Waals surface area (Å²) in [5.41, 5.74) is 1.98. The number of rotatable bonds is 9. The number of hydrogen-bond donors (Lipinski definition) is 3. The normalized spacial score (nSPS) is 15.4. The molecule has 0 bridgehead atoms. The molecule has 148 valence electrons.